The second-order valence-electron chi connectivity index (χ2n) is 4.46. The Morgan fingerprint density at radius 1 is 1.21 bits per heavy atom. The molecule has 14 heavy (non-hydrogen) atoms. The summed E-state index contributed by atoms with van der Waals surface area (Å²) in [6.07, 6.45) is 4.81. The second kappa shape index (κ2) is 4.49. The number of nitrogens with zero attached hydrogens (tertiary/aromatic N) is 2. The number of aryl methyl sites for hydroxylation is 1. The van der Waals surface area contributed by atoms with Gasteiger partial charge in [-0.1, -0.05) is 13.8 Å². The average Bonchev–Trinajstić information content (AvgIpc) is 2.43. The van der Waals surface area contributed by atoms with Crippen molar-refractivity contribution in [3.63, 3.8) is 0 Å². The lowest BCUT2D eigenvalue weighted by atomic mass is 10.1. The third-order valence-corrected chi connectivity index (χ3v) is 2.38. The molecule has 1 aromatic heterocycles. The molecular formula is C11H20N2O. The van der Waals surface area contributed by atoms with Crippen molar-refractivity contribution in [2.75, 3.05) is 0 Å². The van der Waals surface area contributed by atoms with E-state index in [1.807, 2.05) is 26.2 Å². The first-order chi connectivity index (χ1) is 6.52. The molecule has 3 nitrogen and oxygen atoms in total. The largest absolute Gasteiger partial charge is 0.328 e. The zero-order valence-electron chi connectivity index (χ0n) is 9.53. The van der Waals surface area contributed by atoms with Crippen molar-refractivity contribution in [2.45, 2.75) is 46.7 Å². The Morgan fingerprint density at radius 2 is 1.86 bits per heavy atom. The minimum Gasteiger partial charge on any atom is -0.299 e. The van der Waals surface area contributed by atoms with Gasteiger partial charge in [0.25, 0.3) is 0 Å². The molecule has 0 aliphatic rings. The van der Waals surface area contributed by atoms with E-state index in [2.05, 4.69) is 13.8 Å². The van der Waals surface area contributed by atoms with Crippen molar-refractivity contribution in [2.24, 2.45) is 5.92 Å². The van der Waals surface area contributed by atoms with E-state index in [1.165, 1.54) is 0 Å². The van der Waals surface area contributed by atoms with E-state index >= 15 is 0 Å². The molecule has 0 aromatic carbocycles. The molecule has 3 heteroatoms. The highest BCUT2D eigenvalue weighted by Gasteiger charge is 2.05. The molecule has 0 saturated heterocycles. The van der Waals surface area contributed by atoms with Crippen LogP contribution in [0.5, 0.6) is 0 Å². The van der Waals surface area contributed by atoms with Crippen molar-refractivity contribution >= 4 is 0 Å². The van der Waals surface area contributed by atoms with Crippen LogP contribution < -0.4 is 5.69 Å². The van der Waals surface area contributed by atoms with E-state index in [9.17, 15) is 4.79 Å². The molecule has 0 radical (unpaired) electrons. The van der Waals surface area contributed by atoms with Gasteiger partial charge in [0.05, 0.1) is 0 Å². The van der Waals surface area contributed by atoms with Gasteiger partial charge in [-0.2, -0.15) is 0 Å². The molecule has 0 N–H and O–H groups in total. The van der Waals surface area contributed by atoms with Crippen molar-refractivity contribution < 1.29 is 0 Å². The van der Waals surface area contributed by atoms with Gasteiger partial charge >= 0.3 is 5.69 Å². The van der Waals surface area contributed by atoms with Crippen LogP contribution in [0.3, 0.4) is 0 Å². The fourth-order valence-electron chi connectivity index (χ4n) is 1.39. The van der Waals surface area contributed by atoms with Crippen LogP contribution in [0, 0.1) is 5.92 Å². The molecule has 0 saturated carbocycles. The standard InChI is InChI=1S/C11H20N2O/c1-9(2)5-6-12-7-8-13(10(3)4)11(12)14/h7-10H,5-6H2,1-4H3. The van der Waals surface area contributed by atoms with E-state index in [0.717, 1.165) is 13.0 Å². The van der Waals surface area contributed by atoms with Crippen LogP contribution in [0.1, 0.15) is 40.2 Å². The molecule has 0 atom stereocenters. The number of hydrogen-bond acceptors (Lipinski definition) is 1. The van der Waals surface area contributed by atoms with Gasteiger partial charge in [0.15, 0.2) is 0 Å². The molecule has 1 rings (SSSR count). The fourth-order valence-corrected chi connectivity index (χ4v) is 1.39. The summed E-state index contributed by atoms with van der Waals surface area (Å²) in [6, 6.07) is 0.253. The molecule has 1 aromatic rings. The third kappa shape index (κ3) is 2.50. The Labute approximate surface area is 85.4 Å². The smallest absolute Gasteiger partial charge is 0.299 e. The molecule has 0 unspecified atom stereocenters. The highest BCUT2D eigenvalue weighted by atomic mass is 16.1. The van der Waals surface area contributed by atoms with Gasteiger partial charge < -0.3 is 0 Å². The van der Waals surface area contributed by atoms with Crippen molar-refractivity contribution in [3.8, 4) is 0 Å². The molecule has 0 amide bonds. The number of aromatic nitrogens is 2. The Hall–Kier alpha value is -0.990. The lowest BCUT2D eigenvalue weighted by Crippen LogP contribution is -2.25. The minimum absolute atomic E-state index is 0.112. The topological polar surface area (TPSA) is 26.9 Å². The first kappa shape index (κ1) is 11.1. The quantitative estimate of drug-likeness (QED) is 0.725. The lowest BCUT2D eigenvalue weighted by Gasteiger charge is -2.06. The van der Waals surface area contributed by atoms with Crippen molar-refractivity contribution in [3.05, 3.63) is 22.9 Å². The van der Waals surface area contributed by atoms with E-state index < -0.39 is 0 Å². The summed E-state index contributed by atoms with van der Waals surface area (Å²) in [5.74, 6) is 0.643. The molecule has 0 fully saturated rings. The fraction of sp³-hybridized carbons (Fsp3) is 0.727. The average molecular weight is 196 g/mol. The normalized spacial score (nSPS) is 11.6. The predicted octanol–water partition coefficient (Wildman–Crippen LogP) is 2.28. The predicted molar refractivity (Wildman–Crippen MR) is 58.5 cm³/mol. The van der Waals surface area contributed by atoms with Gasteiger partial charge in [-0.15, -0.1) is 0 Å². The zero-order valence-corrected chi connectivity index (χ0v) is 9.53. The summed E-state index contributed by atoms with van der Waals surface area (Å²) >= 11 is 0. The monoisotopic (exact) mass is 196 g/mol. The maximum Gasteiger partial charge on any atom is 0.328 e. The van der Waals surface area contributed by atoms with Crippen LogP contribution in [0.2, 0.25) is 0 Å². The van der Waals surface area contributed by atoms with Crippen molar-refractivity contribution in [1.82, 2.24) is 9.13 Å². The van der Waals surface area contributed by atoms with E-state index in [-0.39, 0.29) is 11.7 Å². The first-order valence-electron chi connectivity index (χ1n) is 5.29. The van der Waals surface area contributed by atoms with Crippen LogP contribution in [0.25, 0.3) is 0 Å². The highest BCUT2D eigenvalue weighted by molar-refractivity contribution is 4.83. The molecule has 0 aliphatic carbocycles. The van der Waals surface area contributed by atoms with Crippen LogP contribution in [0.4, 0.5) is 0 Å². The van der Waals surface area contributed by atoms with Crippen LogP contribution in [-0.4, -0.2) is 9.13 Å². The zero-order chi connectivity index (χ0) is 10.7. The minimum atomic E-state index is 0.112. The summed E-state index contributed by atoms with van der Waals surface area (Å²) in [5, 5.41) is 0. The molecule has 80 valence electrons. The Bertz CT molecular complexity index is 333. The molecule has 0 spiro atoms. The number of rotatable bonds is 4. The number of hydrogen-bond donors (Lipinski definition) is 0. The Balaban J connectivity index is 2.75. The Morgan fingerprint density at radius 3 is 2.29 bits per heavy atom. The van der Waals surface area contributed by atoms with Crippen LogP contribution >= 0.6 is 0 Å². The summed E-state index contributed by atoms with van der Waals surface area (Å²) in [6.45, 7) is 9.22. The highest BCUT2D eigenvalue weighted by Crippen LogP contribution is 2.03. The van der Waals surface area contributed by atoms with Gasteiger partial charge in [0, 0.05) is 25.0 Å². The van der Waals surface area contributed by atoms with E-state index in [1.54, 1.807) is 9.13 Å². The summed E-state index contributed by atoms with van der Waals surface area (Å²) in [4.78, 5) is 11.7. The van der Waals surface area contributed by atoms with Gasteiger partial charge in [0.1, 0.15) is 0 Å². The SMILES string of the molecule is CC(C)CCn1ccn(C(C)C)c1=O. The lowest BCUT2D eigenvalue weighted by molar-refractivity contribution is 0.491. The summed E-state index contributed by atoms with van der Waals surface area (Å²) in [5.41, 5.74) is 0.112. The van der Waals surface area contributed by atoms with Gasteiger partial charge in [0.2, 0.25) is 0 Å². The Kier molecular flexibility index (Phi) is 3.55. The van der Waals surface area contributed by atoms with Gasteiger partial charge in [-0.25, -0.2) is 4.79 Å². The first-order valence-corrected chi connectivity index (χ1v) is 5.29. The molecule has 0 bridgehead atoms. The number of imidazole rings is 1. The van der Waals surface area contributed by atoms with Gasteiger partial charge in [-0.3, -0.25) is 9.13 Å². The summed E-state index contributed by atoms with van der Waals surface area (Å²) in [7, 11) is 0. The third-order valence-electron chi connectivity index (χ3n) is 2.38. The summed E-state index contributed by atoms with van der Waals surface area (Å²) < 4.78 is 3.56. The van der Waals surface area contributed by atoms with Gasteiger partial charge in [-0.05, 0) is 26.2 Å². The van der Waals surface area contributed by atoms with Crippen LogP contribution in [-0.2, 0) is 6.54 Å². The maximum atomic E-state index is 11.7. The second-order valence-corrected chi connectivity index (χ2v) is 4.46. The molecule has 0 aliphatic heterocycles. The molecular weight excluding hydrogens is 176 g/mol. The molecule has 1 heterocycles. The van der Waals surface area contributed by atoms with Crippen molar-refractivity contribution in [1.29, 1.82) is 0 Å². The van der Waals surface area contributed by atoms with E-state index in [4.69, 9.17) is 0 Å². The van der Waals surface area contributed by atoms with Crippen LogP contribution in [0.15, 0.2) is 17.2 Å². The maximum absolute atomic E-state index is 11.7. The van der Waals surface area contributed by atoms with E-state index in [0.29, 0.717) is 5.92 Å².